The first-order chi connectivity index (χ1) is 9.08. The molecule has 5 nitrogen and oxygen atoms in total. The molecule has 0 aliphatic rings. The Balaban J connectivity index is 3.06. The molecule has 20 heavy (non-hydrogen) atoms. The molecule has 0 aromatic heterocycles. The van der Waals surface area contributed by atoms with Crippen LogP contribution in [-0.2, 0) is 10.0 Å². The van der Waals surface area contributed by atoms with Gasteiger partial charge in [-0.05, 0) is 46.0 Å². The van der Waals surface area contributed by atoms with Crippen LogP contribution in [0.1, 0.15) is 27.2 Å². The van der Waals surface area contributed by atoms with E-state index in [1.54, 1.807) is 0 Å². The number of benzene rings is 1. The number of aliphatic hydroxyl groups is 1. The largest absolute Gasteiger partial charge is 0.398 e. The summed E-state index contributed by atoms with van der Waals surface area (Å²) in [6, 6.07) is 4.11. The smallest absolute Gasteiger partial charge is 0.240 e. The molecular formula is C13H21BrN2O3S. The Bertz CT molecular complexity index is 567. The molecule has 1 aromatic rings. The highest BCUT2D eigenvalue weighted by Gasteiger charge is 2.29. The quantitative estimate of drug-likeness (QED) is 0.697. The summed E-state index contributed by atoms with van der Waals surface area (Å²) in [7, 11) is -3.65. The fourth-order valence-electron chi connectivity index (χ4n) is 1.73. The zero-order valence-electron chi connectivity index (χ0n) is 11.9. The first kappa shape index (κ1) is 17.4. The average molecular weight is 365 g/mol. The van der Waals surface area contributed by atoms with Gasteiger partial charge in [0.15, 0.2) is 0 Å². The fraction of sp³-hybridized carbons (Fsp3) is 0.538. The standard InChI is InChI=1S/C13H21BrN2O3S/c1-13(2,3)12(6-7-17)16-20(18,19)9-4-5-11(15)10(14)8-9/h4-5,8,12,16-17H,6-7,15H2,1-3H3. The van der Waals surface area contributed by atoms with Crippen molar-refractivity contribution in [2.24, 2.45) is 5.41 Å². The first-order valence-electron chi connectivity index (χ1n) is 6.26. The highest BCUT2D eigenvalue weighted by Crippen LogP contribution is 2.26. The van der Waals surface area contributed by atoms with Gasteiger partial charge in [-0.25, -0.2) is 13.1 Å². The number of halogens is 1. The van der Waals surface area contributed by atoms with E-state index in [9.17, 15) is 8.42 Å². The van der Waals surface area contributed by atoms with Gasteiger partial charge in [0.05, 0.1) is 4.90 Å². The number of aliphatic hydroxyl groups excluding tert-OH is 1. The van der Waals surface area contributed by atoms with Gasteiger partial charge in [-0.15, -0.1) is 0 Å². The van der Waals surface area contributed by atoms with Gasteiger partial charge in [-0.1, -0.05) is 20.8 Å². The van der Waals surface area contributed by atoms with Crippen molar-refractivity contribution in [3.8, 4) is 0 Å². The van der Waals surface area contributed by atoms with E-state index in [1.165, 1.54) is 18.2 Å². The number of sulfonamides is 1. The summed E-state index contributed by atoms with van der Waals surface area (Å²) in [5.41, 5.74) is 5.84. The van der Waals surface area contributed by atoms with Crippen LogP contribution in [0.25, 0.3) is 0 Å². The lowest BCUT2D eigenvalue weighted by Crippen LogP contribution is -2.44. The van der Waals surface area contributed by atoms with Crippen molar-refractivity contribution in [2.45, 2.75) is 38.1 Å². The van der Waals surface area contributed by atoms with Crippen LogP contribution in [0.4, 0.5) is 5.69 Å². The minimum Gasteiger partial charge on any atom is -0.398 e. The van der Waals surface area contributed by atoms with Gasteiger partial charge < -0.3 is 10.8 Å². The molecule has 1 atom stereocenters. The summed E-state index contributed by atoms with van der Waals surface area (Å²) in [6.07, 6.45) is 0.360. The van der Waals surface area contributed by atoms with E-state index in [2.05, 4.69) is 20.7 Å². The summed E-state index contributed by atoms with van der Waals surface area (Å²) >= 11 is 3.22. The molecule has 7 heteroatoms. The molecule has 0 aliphatic carbocycles. The number of hydrogen-bond acceptors (Lipinski definition) is 4. The van der Waals surface area contributed by atoms with Gasteiger partial charge in [0.25, 0.3) is 0 Å². The van der Waals surface area contributed by atoms with Gasteiger partial charge in [0, 0.05) is 22.8 Å². The van der Waals surface area contributed by atoms with Crippen molar-refractivity contribution >= 4 is 31.6 Å². The van der Waals surface area contributed by atoms with Gasteiger partial charge in [0.1, 0.15) is 0 Å². The number of rotatable bonds is 5. The summed E-state index contributed by atoms with van der Waals surface area (Å²) in [6.45, 7) is 5.70. The molecule has 0 bridgehead atoms. The van der Waals surface area contributed by atoms with Crippen LogP contribution in [0.2, 0.25) is 0 Å². The van der Waals surface area contributed by atoms with Crippen LogP contribution in [0.15, 0.2) is 27.6 Å². The minimum absolute atomic E-state index is 0.0735. The van der Waals surface area contributed by atoms with Crippen LogP contribution in [0.3, 0.4) is 0 Å². The van der Waals surface area contributed by atoms with E-state index in [0.717, 1.165) is 0 Å². The molecule has 0 saturated carbocycles. The van der Waals surface area contributed by atoms with Gasteiger partial charge >= 0.3 is 0 Å². The maximum Gasteiger partial charge on any atom is 0.240 e. The molecule has 0 saturated heterocycles. The Morgan fingerprint density at radius 2 is 2.00 bits per heavy atom. The molecule has 0 fully saturated rings. The van der Waals surface area contributed by atoms with E-state index in [-0.39, 0.29) is 23.0 Å². The van der Waals surface area contributed by atoms with Crippen LogP contribution < -0.4 is 10.5 Å². The highest BCUT2D eigenvalue weighted by molar-refractivity contribution is 9.10. The van der Waals surface area contributed by atoms with Crippen molar-refractivity contribution in [1.29, 1.82) is 0 Å². The van der Waals surface area contributed by atoms with E-state index < -0.39 is 10.0 Å². The van der Waals surface area contributed by atoms with Crippen molar-refractivity contribution in [2.75, 3.05) is 12.3 Å². The second kappa shape index (κ2) is 6.43. The van der Waals surface area contributed by atoms with E-state index >= 15 is 0 Å². The Kier molecular flexibility index (Phi) is 5.60. The number of nitrogens with two attached hydrogens (primary N) is 1. The van der Waals surface area contributed by atoms with Gasteiger partial charge in [-0.3, -0.25) is 0 Å². The number of hydrogen-bond donors (Lipinski definition) is 3. The maximum absolute atomic E-state index is 12.4. The minimum atomic E-state index is -3.65. The normalized spacial score (nSPS) is 14.2. The molecule has 0 radical (unpaired) electrons. The fourth-order valence-corrected chi connectivity index (χ4v) is 3.76. The van der Waals surface area contributed by atoms with Crippen molar-refractivity contribution < 1.29 is 13.5 Å². The second-order valence-electron chi connectivity index (χ2n) is 5.74. The Morgan fingerprint density at radius 1 is 1.40 bits per heavy atom. The molecule has 1 aromatic carbocycles. The Hall–Kier alpha value is -0.630. The van der Waals surface area contributed by atoms with Crippen LogP contribution in [0, 0.1) is 5.41 Å². The molecule has 1 rings (SSSR count). The lowest BCUT2D eigenvalue weighted by Gasteiger charge is -2.30. The molecule has 114 valence electrons. The molecule has 4 N–H and O–H groups in total. The summed E-state index contributed by atoms with van der Waals surface area (Å²) in [4.78, 5) is 0.144. The van der Waals surface area contributed by atoms with Gasteiger partial charge in [0.2, 0.25) is 10.0 Å². The predicted molar refractivity (Wildman–Crippen MR) is 83.8 cm³/mol. The van der Waals surface area contributed by atoms with E-state index in [1.807, 2.05) is 20.8 Å². The highest BCUT2D eigenvalue weighted by atomic mass is 79.9. The number of anilines is 1. The van der Waals surface area contributed by atoms with Crippen molar-refractivity contribution in [1.82, 2.24) is 4.72 Å². The maximum atomic E-state index is 12.4. The van der Waals surface area contributed by atoms with Crippen LogP contribution >= 0.6 is 15.9 Å². The van der Waals surface area contributed by atoms with Crippen LogP contribution in [-0.4, -0.2) is 26.2 Å². The lowest BCUT2D eigenvalue weighted by atomic mass is 9.86. The van der Waals surface area contributed by atoms with Crippen molar-refractivity contribution in [3.05, 3.63) is 22.7 Å². The third kappa shape index (κ3) is 4.44. The predicted octanol–water partition coefficient (Wildman–Crippen LogP) is 2.11. The molecule has 0 spiro atoms. The Labute approximate surface area is 128 Å². The Morgan fingerprint density at radius 3 is 2.45 bits per heavy atom. The third-order valence-electron chi connectivity index (χ3n) is 3.04. The van der Waals surface area contributed by atoms with E-state index in [4.69, 9.17) is 10.8 Å². The lowest BCUT2D eigenvalue weighted by molar-refractivity contribution is 0.214. The SMILES string of the molecule is CC(C)(C)C(CCO)NS(=O)(=O)c1ccc(N)c(Br)c1. The van der Waals surface area contributed by atoms with E-state index in [0.29, 0.717) is 16.6 Å². The average Bonchev–Trinajstić information content (AvgIpc) is 2.30. The van der Waals surface area contributed by atoms with Crippen molar-refractivity contribution in [3.63, 3.8) is 0 Å². The van der Waals surface area contributed by atoms with Gasteiger partial charge in [-0.2, -0.15) is 0 Å². The zero-order chi connectivity index (χ0) is 15.6. The molecule has 0 heterocycles. The van der Waals surface area contributed by atoms with Crippen LogP contribution in [0.5, 0.6) is 0 Å². The summed E-state index contributed by atoms with van der Waals surface area (Å²) in [5.74, 6) is 0. The molecule has 0 aliphatic heterocycles. The number of nitrogen functional groups attached to an aromatic ring is 1. The number of nitrogens with one attached hydrogen (secondary N) is 1. The molecular weight excluding hydrogens is 344 g/mol. The summed E-state index contributed by atoms with van der Waals surface area (Å²) < 4.78 is 27.9. The zero-order valence-corrected chi connectivity index (χ0v) is 14.3. The monoisotopic (exact) mass is 364 g/mol. The molecule has 1 unspecified atom stereocenters. The molecule has 0 amide bonds. The third-order valence-corrected chi connectivity index (χ3v) is 5.20. The summed E-state index contributed by atoms with van der Waals surface area (Å²) in [5, 5.41) is 9.09. The first-order valence-corrected chi connectivity index (χ1v) is 8.54. The topological polar surface area (TPSA) is 92.4 Å². The second-order valence-corrected chi connectivity index (χ2v) is 8.30.